The summed E-state index contributed by atoms with van der Waals surface area (Å²) in [5.74, 6) is 0.413. The quantitative estimate of drug-likeness (QED) is 0.757. The molecule has 2 aliphatic heterocycles. The highest BCUT2D eigenvalue weighted by Gasteiger charge is 2.23. The van der Waals surface area contributed by atoms with Gasteiger partial charge in [0, 0.05) is 25.8 Å². The number of rotatable bonds is 2. The van der Waals surface area contributed by atoms with Crippen LogP contribution >= 0.6 is 12.4 Å². The van der Waals surface area contributed by atoms with Crippen molar-refractivity contribution < 1.29 is 9.53 Å². The van der Waals surface area contributed by atoms with E-state index in [1.165, 1.54) is 0 Å². The molecule has 0 spiro atoms. The molecule has 2 fully saturated rings. The third-order valence-electron chi connectivity index (χ3n) is 3.24. The molecule has 0 saturated carbocycles. The van der Waals surface area contributed by atoms with Gasteiger partial charge < -0.3 is 15.4 Å². The standard InChI is InChI=1S/C11H20N2O2.ClH/c14-11(9-2-1-5-12-8-9)13-10-3-6-15-7-4-10;/h9-10,12H,1-8H2,(H,13,14);1H. The lowest BCUT2D eigenvalue weighted by atomic mass is 9.98. The minimum atomic E-state index is 0. The van der Waals surface area contributed by atoms with Crippen LogP contribution in [0.4, 0.5) is 0 Å². The van der Waals surface area contributed by atoms with Gasteiger partial charge in [0.05, 0.1) is 5.92 Å². The normalized spacial score (nSPS) is 26.9. The van der Waals surface area contributed by atoms with Gasteiger partial charge in [-0.25, -0.2) is 0 Å². The molecule has 94 valence electrons. The van der Waals surface area contributed by atoms with Crippen molar-refractivity contribution in [2.24, 2.45) is 5.92 Å². The van der Waals surface area contributed by atoms with Crippen LogP contribution in [0, 0.1) is 5.92 Å². The maximum absolute atomic E-state index is 11.9. The number of hydrogen-bond donors (Lipinski definition) is 2. The summed E-state index contributed by atoms with van der Waals surface area (Å²) in [5, 5.41) is 6.40. The summed E-state index contributed by atoms with van der Waals surface area (Å²) < 4.78 is 5.26. The minimum absolute atomic E-state index is 0. The first kappa shape index (κ1) is 13.7. The number of halogens is 1. The second-order valence-electron chi connectivity index (χ2n) is 4.44. The highest BCUT2D eigenvalue weighted by molar-refractivity contribution is 5.85. The van der Waals surface area contributed by atoms with Crippen molar-refractivity contribution in [3.8, 4) is 0 Å². The molecule has 0 aromatic heterocycles. The van der Waals surface area contributed by atoms with E-state index >= 15 is 0 Å². The zero-order chi connectivity index (χ0) is 10.5. The monoisotopic (exact) mass is 248 g/mol. The van der Waals surface area contributed by atoms with Gasteiger partial charge >= 0.3 is 0 Å². The Hall–Kier alpha value is -0.320. The van der Waals surface area contributed by atoms with Crippen molar-refractivity contribution in [1.82, 2.24) is 10.6 Å². The van der Waals surface area contributed by atoms with Crippen LogP contribution in [-0.2, 0) is 9.53 Å². The molecule has 2 saturated heterocycles. The molecule has 0 bridgehead atoms. The topological polar surface area (TPSA) is 50.4 Å². The summed E-state index contributed by atoms with van der Waals surface area (Å²) in [5.41, 5.74) is 0. The number of carbonyl (C=O) groups is 1. The van der Waals surface area contributed by atoms with Crippen LogP contribution in [-0.4, -0.2) is 38.3 Å². The Morgan fingerprint density at radius 2 is 2.00 bits per heavy atom. The average Bonchev–Trinajstić information content (AvgIpc) is 2.31. The second kappa shape index (κ2) is 7.09. The predicted octanol–water partition coefficient (Wildman–Crippen LogP) is 0.703. The SMILES string of the molecule is Cl.O=C(NC1CCOCC1)C1CCCNC1. The number of ether oxygens (including phenoxy) is 1. The second-order valence-corrected chi connectivity index (χ2v) is 4.44. The smallest absolute Gasteiger partial charge is 0.224 e. The fourth-order valence-electron chi connectivity index (χ4n) is 2.24. The lowest BCUT2D eigenvalue weighted by Gasteiger charge is -2.27. The molecule has 2 aliphatic rings. The third kappa shape index (κ3) is 3.92. The van der Waals surface area contributed by atoms with Gasteiger partial charge in [-0.2, -0.15) is 0 Å². The van der Waals surface area contributed by atoms with Crippen LogP contribution in [0.2, 0.25) is 0 Å². The molecule has 2 N–H and O–H groups in total. The van der Waals surface area contributed by atoms with Gasteiger partial charge in [0.2, 0.25) is 5.91 Å². The average molecular weight is 249 g/mol. The molecule has 2 heterocycles. The molecule has 0 aromatic carbocycles. The maximum atomic E-state index is 11.9. The number of carbonyl (C=O) groups excluding carboxylic acids is 1. The molecule has 0 aromatic rings. The Labute approximate surface area is 103 Å². The molecule has 2 rings (SSSR count). The van der Waals surface area contributed by atoms with Gasteiger partial charge in [-0.1, -0.05) is 0 Å². The summed E-state index contributed by atoms with van der Waals surface area (Å²) in [6.45, 7) is 3.47. The third-order valence-corrected chi connectivity index (χ3v) is 3.24. The van der Waals surface area contributed by atoms with Crippen LogP contribution < -0.4 is 10.6 Å². The molecule has 4 nitrogen and oxygen atoms in total. The van der Waals surface area contributed by atoms with Crippen LogP contribution in [0.15, 0.2) is 0 Å². The van der Waals surface area contributed by atoms with E-state index in [1.54, 1.807) is 0 Å². The summed E-state index contributed by atoms with van der Waals surface area (Å²) in [4.78, 5) is 11.9. The Morgan fingerprint density at radius 3 is 2.62 bits per heavy atom. The first-order valence-electron chi connectivity index (χ1n) is 5.95. The zero-order valence-electron chi connectivity index (χ0n) is 9.54. The van der Waals surface area contributed by atoms with Gasteiger partial charge in [-0.3, -0.25) is 4.79 Å². The van der Waals surface area contributed by atoms with E-state index in [2.05, 4.69) is 10.6 Å². The van der Waals surface area contributed by atoms with Crippen molar-refractivity contribution in [2.75, 3.05) is 26.3 Å². The fraction of sp³-hybridized carbons (Fsp3) is 0.909. The van der Waals surface area contributed by atoms with Crippen LogP contribution in [0.1, 0.15) is 25.7 Å². The lowest BCUT2D eigenvalue weighted by molar-refractivity contribution is -0.126. The Morgan fingerprint density at radius 1 is 1.25 bits per heavy atom. The highest BCUT2D eigenvalue weighted by Crippen LogP contribution is 2.12. The van der Waals surface area contributed by atoms with Gasteiger partial charge in [0.1, 0.15) is 0 Å². The molecule has 0 radical (unpaired) electrons. The molecule has 0 aliphatic carbocycles. The van der Waals surface area contributed by atoms with E-state index in [4.69, 9.17) is 4.74 Å². The number of nitrogens with one attached hydrogen (secondary N) is 2. The summed E-state index contributed by atoms with van der Waals surface area (Å²) in [6, 6.07) is 0.341. The van der Waals surface area contributed by atoms with E-state index in [-0.39, 0.29) is 24.2 Å². The van der Waals surface area contributed by atoms with Gasteiger partial charge in [-0.05, 0) is 32.2 Å². The fourth-order valence-corrected chi connectivity index (χ4v) is 2.24. The molecular formula is C11H21ClN2O2. The van der Waals surface area contributed by atoms with E-state index in [1.807, 2.05) is 0 Å². The Bertz CT molecular complexity index is 214. The molecule has 1 unspecified atom stereocenters. The van der Waals surface area contributed by atoms with Crippen LogP contribution in [0.25, 0.3) is 0 Å². The first-order chi connectivity index (χ1) is 7.36. The minimum Gasteiger partial charge on any atom is -0.381 e. The summed E-state index contributed by atoms with van der Waals surface area (Å²) in [7, 11) is 0. The molecule has 1 atom stereocenters. The molecular weight excluding hydrogens is 228 g/mol. The van der Waals surface area contributed by atoms with E-state index < -0.39 is 0 Å². The van der Waals surface area contributed by atoms with E-state index in [0.29, 0.717) is 6.04 Å². The van der Waals surface area contributed by atoms with Crippen molar-refractivity contribution in [1.29, 1.82) is 0 Å². The number of piperidine rings is 1. The zero-order valence-corrected chi connectivity index (χ0v) is 10.4. The molecule has 5 heteroatoms. The van der Waals surface area contributed by atoms with Crippen LogP contribution in [0.5, 0.6) is 0 Å². The maximum Gasteiger partial charge on any atom is 0.224 e. The van der Waals surface area contributed by atoms with Crippen molar-refractivity contribution >= 4 is 18.3 Å². The van der Waals surface area contributed by atoms with Crippen molar-refractivity contribution in [2.45, 2.75) is 31.7 Å². The van der Waals surface area contributed by atoms with Gasteiger partial charge in [0.15, 0.2) is 0 Å². The number of amides is 1. The van der Waals surface area contributed by atoms with Crippen molar-refractivity contribution in [3.05, 3.63) is 0 Å². The van der Waals surface area contributed by atoms with Gasteiger partial charge in [-0.15, -0.1) is 12.4 Å². The van der Waals surface area contributed by atoms with E-state index in [0.717, 1.165) is 52.0 Å². The molecule has 16 heavy (non-hydrogen) atoms. The van der Waals surface area contributed by atoms with Crippen LogP contribution in [0.3, 0.4) is 0 Å². The van der Waals surface area contributed by atoms with Gasteiger partial charge in [0.25, 0.3) is 0 Å². The Balaban J connectivity index is 0.00000128. The lowest BCUT2D eigenvalue weighted by Crippen LogP contribution is -2.46. The molecule has 1 amide bonds. The highest BCUT2D eigenvalue weighted by atomic mass is 35.5. The summed E-state index contributed by atoms with van der Waals surface area (Å²) in [6.07, 6.45) is 4.08. The predicted molar refractivity (Wildman–Crippen MR) is 64.8 cm³/mol. The summed E-state index contributed by atoms with van der Waals surface area (Å²) >= 11 is 0. The first-order valence-corrected chi connectivity index (χ1v) is 5.95. The van der Waals surface area contributed by atoms with Crippen molar-refractivity contribution in [3.63, 3.8) is 0 Å². The number of hydrogen-bond acceptors (Lipinski definition) is 3. The largest absolute Gasteiger partial charge is 0.381 e. The van der Waals surface area contributed by atoms with E-state index in [9.17, 15) is 4.79 Å². The Kier molecular flexibility index (Phi) is 6.09.